The molecule has 0 amide bonds. The van der Waals surface area contributed by atoms with E-state index in [4.69, 9.17) is 4.74 Å². The smallest absolute Gasteiger partial charge is 0.178 e. The normalized spacial score (nSPS) is 25.1. The molecule has 1 saturated heterocycles. The maximum absolute atomic E-state index is 12.3. The Morgan fingerprint density at radius 2 is 1.81 bits per heavy atom. The number of hydrogen-bond donors (Lipinski definition) is 0. The fourth-order valence-electron chi connectivity index (χ4n) is 3.21. The minimum atomic E-state index is -0.147. The Morgan fingerprint density at radius 1 is 1.19 bits per heavy atom. The Bertz CT molecular complexity index is 240. The molecule has 0 atom stereocenters. The van der Waals surface area contributed by atoms with Crippen molar-refractivity contribution < 1.29 is 9.53 Å². The van der Waals surface area contributed by atoms with Crippen molar-refractivity contribution in [3.8, 4) is 0 Å². The molecular weight excluding hydrogens is 202 g/mol. The number of rotatable bonds is 5. The number of likely N-dealkylation sites (tertiary alicyclic amines) is 1. The highest BCUT2D eigenvalue weighted by atomic mass is 16.5. The molecule has 0 aromatic rings. The van der Waals surface area contributed by atoms with Gasteiger partial charge in [0.2, 0.25) is 0 Å². The molecule has 2 aliphatic rings. The van der Waals surface area contributed by atoms with Crippen LogP contribution in [0.5, 0.6) is 0 Å². The van der Waals surface area contributed by atoms with Gasteiger partial charge in [0.15, 0.2) is 5.78 Å². The Morgan fingerprint density at radius 3 is 2.38 bits per heavy atom. The Labute approximate surface area is 98.1 Å². The van der Waals surface area contributed by atoms with Crippen LogP contribution in [0.4, 0.5) is 0 Å². The first kappa shape index (κ1) is 12.1. The van der Waals surface area contributed by atoms with Crippen molar-refractivity contribution in [3.05, 3.63) is 0 Å². The average Bonchev–Trinajstić information content (AvgIpc) is 2.95. The van der Waals surface area contributed by atoms with Crippen LogP contribution in [-0.2, 0) is 9.53 Å². The van der Waals surface area contributed by atoms with Gasteiger partial charge in [-0.25, -0.2) is 0 Å². The van der Waals surface area contributed by atoms with Crippen molar-refractivity contribution in [1.29, 1.82) is 0 Å². The fourth-order valence-corrected chi connectivity index (χ4v) is 3.21. The molecule has 1 heterocycles. The minimum absolute atomic E-state index is 0.147. The second-order valence-electron chi connectivity index (χ2n) is 4.99. The number of ether oxygens (including phenoxy) is 1. The van der Waals surface area contributed by atoms with Gasteiger partial charge >= 0.3 is 0 Å². The third-order valence-electron chi connectivity index (χ3n) is 4.10. The third-order valence-corrected chi connectivity index (χ3v) is 4.10. The zero-order valence-corrected chi connectivity index (χ0v) is 10.3. The summed E-state index contributed by atoms with van der Waals surface area (Å²) in [5.41, 5.74) is -0.147. The Balaban J connectivity index is 2.05. The summed E-state index contributed by atoms with van der Waals surface area (Å²) in [4.78, 5) is 14.8. The predicted molar refractivity (Wildman–Crippen MR) is 63.5 cm³/mol. The van der Waals surface area contributed by atoms with Gasteiger partial charge in [0.25, 0.3) is 0 Å². The summed E-state index contributed by atoms with van der Waals surface area (Å²) in [6.45, 7) is 5.12. The first-order valence-electron chi connectivity index (χ1n) is 6.66. The quantitative estimate of drug-likeness (QED) is 0.716. The van der Waals surface area contributed by atoms with Crippen LogP contribution in [0.2, 0.25) is 0 Å². The van der Waals surface area contributed by atoms with Gasteiger partial charge in [-0.3, -0.25) is 9.69 Å². The van der Waals surface area contributed by atoms with E-state index in [1.807, 2.05) is 6.92 Å². The summed E-state index contributed by atoms with van der Waals surface area (Å²) in [7, 11) is 0. The Kier molecular flexibility index (Phi) is 3.98. The second-order valence-corrected chi connectivity index (χ2v) is 4.99. The van der Waals surface area contributed by atoms with Crippen LogP contribution in [0, 0.1) is 0 Å². The lowest BCUT2D eigenvalue weighted by Crippen LogP contribution is -2.52. The molecular formula is C13H23NO2. The largest absolute Gasteiger partial charge is 0.374 e. The first-order chi connectivity index (χ1) is 7.79. The molecule has 92 valence electrons. The lowest BCUT2D eigenvalue weighted by Gasteiger charge is -2.37. The molecule has 0 bridgehead atoms. The van der Waals surface area contributed by atoms with Crippen molar-refractivity contribution in [1.82, 2.24) is 4.90 Å². The van der Waals surface area contributed by atoms with E-state index in [9.17, 15) is 4.79 Å². The van der Waals surface area contributed by atoms with Gasteiger partial charge < -0.3 is 4.74 Å². The molecule has 0 spiro atoms. The minimum Gasteiger partial charge on any atom is -0.374 e. The van der Waals surface area contributed by atoms with Crippen LogP contribution >= 0.6 is 0 Å². The van der Waals surface area contributed by atoms with Crippen molar-refractivity contribution in [2.45, 2.75) is 51.0 Å². The van der Waals surface area contributed by atoms with E-state index < -0.39 is 0 Å². The van der Waals surface area contributed by atoms with Crippen LogP contribution in [0.1, 0.15) is 45.4 Å². The van der Waals surface area contributed by atoms with Crippen LogP contribution in [0.15, 0.2) is 0 Å². The van der Waals surface area contributed by atoms with E-state index in [0.717, 1.165) is 25.9 Å². The topological polar surface area (TPSA) is 29.5 Å². The van der Waals surface area contributed by atoms with Crippen LogP contribution < -0.4 is 0 Å². The number of nitrogens with zero attached hydrogens (tertiary/aromatic N) is 1. The highest BCUT2D eigenvalue weighted by Gasteiger charge is 2.46. The number of carbonyl (C=O) groups excluding carboxylic acids is 1. The lowest BCUT2D eigenvalue weighted by atomic mass is 9.90. The first-order valence-corrected chi connectivity index (χ1v) is 6.66. The molecule has 1 saturated carbocycles. The zero-order chi connectivity index (χ0) is 11.4. The SMILES string of the molecule is CCOCC(=O)C1(N2CCCC2)CCCC1. The van der Waals surface area contributed by atoms with Crippen molar-refractivity contribution >= 4 is 5.78 Å². The highest BCUT2D eigenvalue weighted by Crippen LogP contribution is 2.38. The van der Waals surface area contributed by atoms with Crippen molar-refractivity contribution in [3.63, 3.8) is 0 Å². The average molecular weight is 225 g/mol. The second kappa shape index (κ2) is 5.28. The van der Waals surface area contributed by atoms with Crippen molar-refractivity contribution in [2.75, 3.05) is 26.3 Å². The maximum atomic E-state index is 12.3. The van der Waals surface area contributed by atoms with Gasteiger partial charge in [0.05, 0.1) is 5.54 Å². The molecule has 0 aromatic heterocycles. The molecule has 2 fully saturated rings. The van der Waals surface area contributed by atoms with Crippen LogP contribution in [-0.4, -0.2) is 42.5 Å². The summed E-state index contributed by atoms with van der Waals surface area (Å²) >= 11 is 0. The standard InChI is InChI=1S/C13H23NO2/c1-2-16-11-12(15)13(7-3-4-8-13)14-9-5-6-10-14/h2-11H2,1H3. The molecule has 0 unspecified atom stereocenters. The van der Waals surface area contributed by atoms with Gasteiger partial charge in [-0.15, -0.1) is 0 Å². The monoisotopic (exact) mass is 225 g/mol. The van der Waals surface area contributed by atoms with Gasteiger partial charge in [-0.2, -0.15) is 0 Å². The number of hydrogen-bond acceptors (Lipinski definition) is 3. The molecule has 3 heteroatoms. The highest BCUT2D eigenvalue weighted by molar-refractivity contribution is 5.89. The van der Waals surface area contributed by atoms with Crippen LogP contribution in [0.25, 0.3) is 0 Å². The maximum Gasteiger partial charge on any atom is 0.178 e. The molecule has 16 heavy (non-hydrogen) atoms. The molecule has 0 N–H and O–H groups in total. The van der Waals surface area contributed by atoms with Gasteiger partial charge in [-0.1, -0.05) is 12.8 Å². The van der Waals surface area contributed by atoms with E-state index >= 15 is 0 Å². The predicted octanol–water partition coefficient (Wildman–Crippen LogP) is 2.00. The van der Waals surface area contributed by atoms with Gasteiger partial charge in [0, 0.05) is 6.61 Å². The van der Waals surface area contributed by atoms with Gasteiger partial charge in [0.1, 0.15) is 6.61 Å². The summed E-state index contributed by atoms with van der Waals surface area (Å²) in [5.74, 6) is 0.328. The summed E-state index contributed by atoms with van der Waals surface area (Å²) < 4.78 is 5.32. The van der Waals surface area contributed by atoms with Crippen molar-refractivity contribution in [2.24, 2.45) is 0 Å². The van der Waals surface area contributed by atoms with E-state index in [2.05, 4.69) is 4.90 Å². The van der Waals surface area contributed by atoms with E-state index in [-0.39, 0.29) is 5.54 Å². The molecule has 0 aromatic carbocycles. The van der Waals surface area contributed by atoms with E-state index in [1.54, 1.807) is 0 Å². The molecule has 1 aliphatic carbocycles. The van der Waals surface area contributed by atoms with Gasteiger partial charge in [-0.05, 0) is 45.7 Å². The Hall–Kier alpha value is -0.410. The number of ketones is 1. The summed E-state index contributed by atoms with van der Waals surface area (Å²) in [6, 6.07) is 0. The fraction of sp³-hybridized carbons (Fsp3) is 0.923. The summed E-state index contributed by atoms with van der Waals surface area (Å²) in [5, 5.41) is 0. The summed E-state index contributed by atoms with van der Waals surface area (Å²) in [6.07, 6.45) is 7.02. The van der Waals surface area contributed by atoms with E-state index in [0.29, 0.717) is 19.0 Å². The van der Waals surface area contributed by atoms with E-state index in [1.165, 1.54) is 25.7 Å². The molecule has 3 nitrogen and oxygen atoms in total. The molecule has 1 aliphatic heterocycles. The molecule has 0 radical (unpaired) electrons. The molecule has 2 rings (SSSR count). The lowest BCUT2D eigenvalue weighted by molar-refractivity contribution is -0.135. The zero-order valence-electron chi connectivity index (χ0n) is 10.3. The van der Waals surface area contributed by atoms with Crippen LogP contribution in [0.3, 0.4) is 0 Å². The number of carbonyl (C=O) groups is 1. The number of Topliss-reactive ketones (excluding diaryl/α,β-unsaturated/α-hetero) is 1. The third kappa shape index (κ3) is 2.16.